The van der Waals surface area contributed by atoms with Crippen LogP contribution in [0.1, 0.15) is 16.1 Å². The van der Waals surface area contributed by atoms with Crippen LogP contribution in [0.4, 0.5) is 10.5 Å². The van der Waals surface area contributed by atoms with E-state index in [0.717, 1.165) is 17.0 Å². The maximum absolute atomic E-state index is 12.4. The van der Waals surface area contributed by atoms with Crippen molar-refractivity contribution in [3.8, 4) is 5.75 Å². The summed E-state index contributed by atoms with van der Waals surface area (Å²) in [6.45, 7) is 3.84. The number of methoxy groups -OCH3 is 1. The zero-order chi connectivity index (χ0) is 17.8. The summed E-state index contributed by atoms with van der Waals surface area (Å²) in [5.74, 6) is 0.963. The Kier molecular flexibility index (Phi) is 4.92. The van der Waals surface area contributed by atoms with Crippen LogP contribution in [-0.4, -0.2) is 55.0 Å². The second-order valence-corrected chi connectivity index (χ2v) is 5.87. The normalized spacial score (nSPS) is 14.3. The summed E-state index contributed by atoms with van der Waals surface area (Å²) in [5, 5.41) is 2.88. The van der Waals surface area contributed by atoms with Crippen molar-refractivity contribution in [2.75, 3.05) is 38.6 Å². The first-order valence-electron chi connectivity index (χ1n) is 8.12. The molecule has 0 unspecified atom stereocenters. The fourth-order valence-electron chi connectivity index (χ4n) is 2.83. The molecule has 25 heavy (non-hydrogen) atoms. The summed E-state index contributed by atoms with van der Waals surface area (Å²) in [6, 6.07) is 8.66. The fourth-order valence-corrected chi connectivity index (χ4v) is 2.83. The van der Waals surface area contributed by atoms with Gasteiger partial charge in [0.25, 0.3) is 5.91 Å². The highest BCUT2D eigenvalue weighted by Gasteiger charge is 2.26. The number of hydrogen-bond donors (Lipinski definition) is 1. The molecule has 1 aliphatic rings. The van der Waals surface area contributed by atoms with Gasteiger partial charge in [-0.25, -0.2) is 4.79 Å². The number of anilines is 1. The molecule has 1 fully saturated rings. The largest absolute Gasteiger partial charge is 0.496 e. The molecule has 0 bridgehead atoms. The molecule has 2 aromatic rings. The molecule has 0 atom stereocenters. The standard InChI is InChI=1S/C18H21N3O4/c1-13-12-14(5-6-15(13)24-2)19-18(23)21-9-7-20(8-10-21)17(22)16-4-3-11-25-16/h3-6,11-12H,7-10H2,1-2H3,(H,19,23). The molecular formula is C18H21N3O4. The first-order chi connectivity index (χ1) is 12.1. The highest BCUT2D eigenvalue weighted by Crippen LogP contribution is 2.21. The van der Waals surface area contributed by atoms with Gasteiger partial charge in [0, 0.05) is 31.9 Å². The maximum atomic E-state index is 12.4. The number of amides is 3. The van der Waals surface area contributed by atoms with E-state index in [4.69, 9.17) is 9.15 Å². The molecule has 1 saturated heterocycles. The van der Waals surface area contributed by atoms with Crippen LogP contribution in [0.15, 0.2) is 41.0 Å². The van der Waals surface area contributed by atoms with E-state index in [9.17, 15) is 9.59 Å². The van der Waals surface area contributed by atoms with Crippen LogP contribution in [-0.2, 0) is 0 Å². The number of nitrogens with one attached hydrogen (secondary N) is 1. The van der Waals surface area contributed by atoms with Gasteiger partial charge in [0.1, 0.15) is 5.75 Å². The average Bonchev–Trinajstić information content (AvgIpc) is 3.16. The maximum Gasteiger partial charge on any atom is 0.321 e. The van der Waals surface area contributed by atoms with Gasteiger partial charge in [0.15, 0.2) is 5.76 Å². The summed E-state index contributed by atoms with van der Waals surface area (Å²) in [4.78, 5) is 28.0. The highest BCUT2D eigenvalue weighted by atomic mass is 16.5. The molecule has 3 rings (SSSR count). The van der Waals surface area contributed by atoms with Gasteiger partial charge in [-0.05, 0) is 42.8 Å². The predicted molar refractivity (Wildman–Crippen MR) is 92.9 cm³/mol. The quantitative estimate of drug-likeness (QED) is 0.929. The topological polar surface area (TPSA) is 75.0 Å². The second-order valence-electron chi connectivity index (χ2n) is 5.87. The van der Waals surface area contributed by atoms with Crippen LogP contribution in [0.25, 0.3) is 0 Å². The van der Waals surface area contributed by atoms with Crippen LogP contribution in [0.3, 0.4) is 0 Å². The van der Waals surface area contributed by atoms with Crippen molar-refractivity contribution in [1.82, 2.24) is 9.80 Å². The van der Waals surface area contributed by atoms with Crippen molar-refractivity contribution in [2.24, 2.45) is 0 Å². The van der Waals surface area contributed by atoms with Crippen molar-refractivity contribution >= 4 is 17.6 Å². The van der Waals surface area contributed by atoms with Crippen LogP contribution >= 0.6 is 0 Å². The van der Waals surface area contributed by atoms with E-state index in [-0.39, 0.29) is 11.9 Å². The molecule has 132 valence electrons. The monoisotopic (exact) mass is 343 g/mol. The van der Waals surface area contributed by atoms with Crippen LogP contribution in [0, 0.1) is 6.92 Å². The van der Waals surface area contributed by atoms with E-state index < -0.39 is 0 Å². The van der Waals surface area contributed by atoms with Gasteiger partial charge in [-0.15, -0.1) is 0 Å². The van der Waals surface area contributed by atoms with Gasteiger partial charge in [0.05, 0.1) is 13.4 Å². The number of ether oxygens (including phenoxy) is 1. The third-order valence-electron chi connectivity index (χ3n) is 4.23. The number of furan rings is 1. The lowest BCUT2D eigenvalue weighted by Crippen LogP contribution is -2.51. The lowest BCUT2D eigenvalue weighted by Gasteiger charge is -2.34. The Bertz CT molecular complexity index is 750. The van der Waals surface area contributed by atoms with Crippen LogP contribution in [0.2, 0.25) is 0 Å². The van der Waals surface area contributed by atoms with Crippen molar-refractivity contribution in [3.63, 3.8) is 0 Å². The molecule has 1 N–H and O–H groups in total. The summed E-state index contributed by atoms with van der Waals surface area (Å²) >= 11 is 0. The Morgan fingerprint density at radius 2 is 1.84 bits per heavy atom. The Morgan fingerprint density at radius 3 is 2.44 bits per heavy atom. The number of rotatable bonds is 3. The third-order valence-corrected chi connectivity index (χ3v) is 4.23. The Labute approximate surface area is 146 Å². The van der Waals surface area contributed by atoms with Gasteiger partial charge in [-0.3, -0.25) is 4.79 Å². The Morgan fingerprint density at radius 1 is 1.12 bits per heavy atom. The highest BCUT2D eigenvalue weighted by molar-refractivity contribution is 5.92. The van der Waals surface area contributed by atoms with E-state index in [1.54, 1.807) is 35.1 Å². The molecule has 2 heterocycles. The van der Waals surface area contributed by atoms with Crippen LogP contribution < -0.4 is 10.1 Å². The minimum Gasteiger partial charge on any atom is -0.496 e. The number of nitrogens with zero attached hydrogens (tertiary/aromatic N) is 2. The Hall–Kier alpha value is -2.96. The summed E-state index contributed by atoms with van der Waals surface area (Å²) in [5.41, 5.74) is 1.67. The minimum atomic E-state index is -0.172. The summed E-state index contributed by atoms with van der Waals surface area (Å²) in [6.07, 6.45) is 1.48. The zero-order valence-electron chi connectivity index (χ0n) is 14.3. The van der Waals surface area contributed by atoms with Gasteiger partial charge >= 0.3 is 6.03 Å². The number of piperazine rings is 1. The SMILES string of the molecule is COc1ccc(NC(=O)N2CCN(C(=O)c3ccco3)CC2)cc1C. The molecule has 1 aromatic heterocycles. The molecule has 3 amide bonds. The molecule has 0 saturated carbocycles. The number of carbonyl (C=O) groups is 2. The minimum absolute atomic E-state index is 0.143. The average molecular weight is 343 g/mol. The third kappa shape index (κ3) is 3.76. The van der Waals surface area contributed by atoms with Gasteiger partial charge in [-0.2, -0.15) is 0 Å². The van der Waals surface area contributed by atoms with E-state index in [1.165, 1.54) is 6.26 Å². The van der Waals surface area contributed by atoms with E-state index in [0.29, 0.717) is 31.9 Å². The first kappa shape index (κ1) is 16.9. The van der Waals surface area contributed by atoms with Crippen molar-refractivity contribution < 1.29 is 18.7 Å². The van der Waals surface area contributed by atoms with E-state index in [1.807, 2.05) is 19.1 Å². The van der Waals surface area contributed by atoms with Gasteiger partial charge < -0.3 is 24.3 Å². The van der Waals surface area contributed by atoms with Crippen molar-refractivity contribution in [1.29, 1.82) is 0 Å². The molecule has 7 nitrogen and oxygen atoms in total. The number of benzene rings is 1. The lowest BCUT2D eigenvalue weighted by molar-refractivity contribution is 0.0640. The van der Waals surface area contributed by atoms with Crippen LogP contribution in [0.5, 0.6) is 5.75 Å². The molecule has 0 spiro atoms. The second kappa shape index (κ2) is 7.29. The summed E-state index contributed by atoms with van der Waals surface area (Å²) in [7, 11) is 1.62. The fraction of sp³-hybridized carbons (Fsp3) is 0.333. The Balaban J connectivity index is 1.55. The molecule has 1 aromatic carbocycles. The number of aryl methyl sites for hydroxylation is 1. The van der Waals surface area contributed by atoms with Crippen molar-refractivity contribution in [3.05, 3.63) is 47.9 Å². The van der Waals surface area contributed by atoms with Crippen molar-refractivity contribution in [2.45, 2.75) is 6.92 Å². The number of carbonyl (C=O) groups excluding carboxylic acids is 2. The van der Waals surface area contributed by atoms with E-state index in [2.05, 4.69) is 5.32 Å². The number of urea groups is 1. The van der Waals surface area contributed by atoms with Gasteiger partial charge in [-0.1, -0.05) is 0 Å². The number of hydrogen-bond acceptors (Lipinski definition) is 4. The molecule has 7 heteroatoms. The van der Waals surface area contributed by atoms with Gasteiger partial charge in [0.2, 0.25) is 0 Å². The first-order valence-corrected chi connectivity index (χ1v) is 8.12. The molecule has 1 aliphatic heterocycles. The van der Waals surface area contributed by atoms with E-state index >= 15 is 0 Å². The summed E-state index contributed by atoms with van der Waals surface area (Å²) < 4.78 is 10.4. The molecular weight excluding hydrogens is 322 g/mol. The molecule has 0 aliphatic carbocycles. The molecule has 0 radical (unpaired) electrons. The lowest BCUT2D eigenvalue weighted by atomic mass is 10.2. The predicted octanol–water partition coefficient (Wildman–Crippen LogP) is 2.59. The smallest absolute Gasteiger partial charge is 0.321 e. The zero-order valence-corrected chi connectivity index (χ0v) is 14.3.